The summed E-state index contributed by atoms with van der Waals surface area (Å²) in [6.45, 7) is -0.0308. The number of carbonyl (C=O) groups excluding carboxylic acids is 4. The maximum Gasteiger partial charge on any atom is 0.261 e. The third kappa shape index (κ3) is 4.66. The Morgan fingerprint density at radius 2 is 1.59 bits per heavy atom. The number of fused-ring (bicyclic) bond motifs is 1. The molecule has 0 atom stereocenters. The summed E-state index contributed by atoms with van der Waals surface area (Å²) >= 11 is 0. The highest BCUT2D eigenvalue weighted by Crippen LogP contribution is 2.22. The molecule has 0 radical (unpaired) electrons. The Labute approximate surface area is 167 Å². The lowest BCUT2D eigenvalue weighted by molar-refractivity contribution is -0.133. The second kappa shape index (κ2) is 8.64. The van der Waals surface area contributed by atoms with E-state index < -0.39 is 11.7 Å². The topological polar surface area (TPSA) is 86.8 Å². The van der Waals surface area contributed by atoms with Crippen LogP contribution in [0.15, 0.2) is 48.5 Å². The Bertz CT molecular complexity index is 924. The summed E-state index contributed by atoms with van der Waals surface area (Å²) in [5.74, 6) is -1.81. The van der Waals surface area contributed by atoms with Gasteiger partial charge in [0.25, 0.3) is 11.8 Å². The Balaban J connectivity index is 1.44. The molecule has 2 aromatic rings. The van der Waals surface area contributed by atoms with Crippen molar-refractivity contribution in [1.82, 2.24) is 9.80 Å². The van der Waals surface area contributed by atoms with Crippen LogP contribution in [0.2, 0.25) is 0 Å². The highest BCUT2D eigenvalue weighted by molar-refractivity contribution is 6.21. The van der Waals surface area contributed by atoms with Gasteiger partial charge in [0.15, 0.2) is 0 Å². The van der Waals surface area contributed by atoms with Gasteiger partial charge < -0.3 is 10.2 Å². The zero-order valence-corrected chi connectivity index (χ0v) is 15.9. The molecule has 0 unspecified atom stereocenters. The van der Waals surface area contributed by atoms with Gasteiger partial charge in [0.1, 0.15) is 5.82 Å². The van der Waals surface area contributed by atoms with Gasteiger partial charge in [0.05, 0.1) is 17.7 Å². The van der Waals surface area contributed by atoms with E-state index in [1.54, 1.807) is 24.3 Å². The number of nitrogens with one attached hydrogen (secondary N) is 1. The van der Waals surface area contributed by atoms with Crippen LogP contribution in [0.4, 0.5) is 10.1 Å². The van der Waals surface area contributed by atoms with Crippen molar-refractivity contribution in [3.05, 3.63) is 65.5 Å². The van der Waals surface area contributed by atoms with Crippen LogP contribution in [0.1, 0.15) is 33.6 Å². The van der Waals surface area contributed by atoms with E-state index in [4.69, 9.17) is 0 Å². The van der Waals surface area contributed by atoms with Crippen molar-refractivity contribution in [2.24, 2.45) is 0 Å². The molecular formula is C21H20FN3O4. The number of halogens is 1. The van der Waals surface area contributed by atoms with E-state index in [0.717, 1.165) is 4.90 Å². The molecular weight excluding hydrogens is 377 g/mol. The largest absolute Gasteiger partial charge is 0.336 e. The molecule has 0 aromatic heterocycles. The fourth-order valence-electron chi connectivity index (χ4n) is 3.06. The maximum absolute atomic E-state index is 12.9. The van der Waals surface area contributed by atoms with E-state index in [1.807, 2.05) is 0 Å². The highest BCUT2D eigenvalue weighted by Gasteiger charge is 2.34. The number of amides is 4. The van der Waals surface area contributed by atoms with Gasteiger partial charge in [-0.1, -0.05) is 12.1 Å². The summed E-state index contributed by atoms with van der Waals surface area (Å²) in [5, 5.41) is 2.58. The van der Waals surface area contributed by atoms with Crippen LogP contribution in [0.25, 0.3) is 0 Å². The van der Waals surface area contributed by atoms with Crippen molar-refractivity contribution in [3.8, 4) is 0 Å². The van der Waals surface area contributed by atoms with E-state index in [1.165, 1.54) is 36.2 Å². The molecule has 0 spiro atoms. The van der Waals surface area contributed by atoms with E-state index in [2.05, 4.69) is 5.32 Å². The molecule has 0 saturated carbocycles. The number of carbonyl (C=O) groups is 4. The van der Waals surface area contributed by atoms with Crippen LogP contribution in [0.3, 0.4) is 0 Å². The molecule has 4 amide bonds. The van der Waals surface area contributed by atoms with Crippen LogP contribution < -0.4 is 5.32 Å². The van der Waals surface area contributed by atoms with Gasteiger partial charge >= 0.3 is 0 Å². The van der Waals surface area contributed by atoms with Crippen molar-refractivity contribution in [1.29, 1.82) is 0 Å². The van der Waals surface area contributed by atoms with Crippen molar-refractivity contribution >= 4 is 29.3 Å². The molecule has 0 saturated heterocycles. The Kier molecular flexibility index (Phi) is 6.01. The molecule has 1 N–H and O–H groups in total. The summed E-state index contributed by atoms with van der Waals surface area (Å²) in [6.07, 6.45) is 0.391. The van der Waals surface area contributed by atoms with E-state index in [9.17, 15) is 23.6 Å². The first-order valence-electron chi connectivity index (χ1n) is 9.11. The van der Waals surface area contributed by atoms with E-state index in [0.29, 0.717) is 23.2 Å². The molecule has 0 bridgehead atoms. The lowest BCUT2D eigenvalue weighted by atomic mass is 10.1. The number of rotatable bonds is 7. The molecule has 29 heavy (non-hydrogen) atoms. The van der Waals surface area contributed by atoms with Crippen molar-refractivity contribution in [3.63, 3.8) is 0 Å². The SMILES string of the molecule is CN(CC(=O)Nc1ccc(F)cc1)C(=O)CCCN1C(=O)c2ccccc2C1=O. The summed E-state index contributed by atoms with van der Waals surface area (Å²) in [4.78, 5) is 51.2. The van der Waals surface area contributed by atoms with Crippen LogP contribution in [-0.2, 0) is 9.59 Å². The molecule has 7 nitrogen and oxygen atoms in total. The number of anilines is 1. The van der Waals surface area contributed by atoms with Crippen LogP contribution in [0, 0.1) is 5.82 Å². The average Bonchev–Trinajstić information content (AvgIpc) is 2.94. The summed E-state index contributed by atoms with van der Waals surface area (Å²) in [5.41, 5.74) is 1.18. The van der Waals surface area contributed by atoms with Gasteiger partial charge in [-0.05, 0) is 42.8 Å². The summed E-state index contributed by atoms with van der Waals surface area (Å²) < 4.78 is 12.9. The van der Waals surface area contributed by atoms with Gasteiger partial charge in [0.2, 0.25) is 11.8 Å². The Morgan fingerprint density at radius 1 is 1.00 bits per heavy atom. The smallest absolute Gasteiger partial charge is 0.261 e. The van der Waals surface area contributed by atoms with E-state index >= 15 is 0 Å². The quantitative estimate of drug-likeness (QED) is 0.727. The number of nitrogens with zero attached hydrogens (tertiary/aromatic N) is 2. The zero-order valence-electron chi connectivity index (χ0n) is 15.9. The third-order valence-electron chi connectivity index (χ3n) is 4.59. The lowest BCUT2D eigenvalue weighted by Gasteiger charge is -2.18. The monoisotopic (exact) mass is 397 g/mol. The average molecular weight is 397 g/mol. The van der Waals surface area contributed by atoms with Gasteiger partial charge in [-0.2, -0.15) is 0 Å². The first-order valence-corrected chi connectivity index (χ1v) is 9.11. The molecule has 2 aromatic carbocycles. The van der Waals surface area contributed by atoms with Crippen molar-refractivity contribution in [2.45, 2.75) is 12.8 Å². The molecule has 0 aliphatic carbocycles. The predicted octanol–water partition coefficient (Wildman–Crippen LogP) is 2.30. The van der Waals surface area contributed by atoms with Gasteiger partial charge in [-0.3, -0.25) is 24.1 Å². The molecule has 150 valence electrons. The number of hydrogen-bond donors (Lipinski definition) is 1. The lowest BCUT2D eigenvalue weighted by Crippen LogP contribution is -2.36. The first-order chi connectivity index (χ1) is 13.9. The van der Waals surface area contributed by atoms with Crippen molar-refractivity contribution in [2.75, 3.05) is 25.5 Å². The van der Waals surface area contributed by atoms with Crippen LogP contribution >= 0.6 is 0 Å². The second-order valence-corrected chi connectivity index (χ2v) is 6.72. The van der Waals surface area contributed by atoms with Gasteiger partial charge in [0, 0.05) is 25.7 Å². The molecule has 3 rings (SSSR count). The number of likely N-dealkylation sites (N-methyl/N-ethyl adjacent to an activating group) is 1. The molecule has 0 fully saturated rings. The number of benzene rings is 2. The molecule has 1 aliphatic rings. The third-order valence-corrected chi connectivity index (χ3v) is 4.59. The number of hydrogen-bond acceptors (Lipinski definition) is 4. The zero-order chi connectivity index (χ0) is 21.0. The number of imide groups is 1. The standard InChI is InChI=1S/C21H20FN3O4/c1-24(13-18(26)23-15-10-8-14(22)9-11-15)19(27)7-4-12-25-20(28)16-5-2-3-6-17(16)21(25)29/h2-3,5-6,8-11H,4,7,12-13H2,1H3,(H,23,26). The molecule has 1 aliphatic heterocycles. The maximum atomic E-state index is 12.9. The fourth-order valence-corrected chi connectivity index (χ4v) is 3.06. The summed E-state index contributed by atoms with van der Waals surface area (Å²) in [6, 6.07) is 11.9. The minimum atomic E-state index is -0.409. The minimum absolute atomic E-state index is 0.0910. The van der Waals surface area contributed by atoms with Crippen LogP contribution in [-0.4, -0.2) is 53.6 Å². The van der Waals surface area contributed by atoms with Gasteiger partial charge in [-0.25, -0.2) is 4.39 Å². The Morgan fingerprint density at radius 3 is 2.17 bits per heavy atom. The minimum Gasteiger partial charge on any atom is -0.336 e. The molecule has 1 heterocycles. The van der Waals surface area contributed by atoms with Crippen LogP contribution in [0.5, 0.6) is 0 Å². The predicted molar refractivity (Wildman–Crippen MR) is 104 cm³/mol. The van der Waals surface area contributed by atoms with E-state index in [-0.39, 0.29) is 37.2 Å². The highest BCUT2D eigenvalue weighted by atomic mass is 19.1. The fraction of sp³-hybridized carbons (Fsp3) is 0.238. The van der Waals surface area contributed by atoms with Gasteiger partial charge in [-0.15, -0.1) is 0 Å². The normalized spacial score (nSPS) is 12.7. The first kappa shape index (κ1) is 20.2. The van der Waals surface area contributed by atoms with Crippen molar-refractivity contribution < 1.29 is 23.6 Å². The summed E-state index contributed by atoms with van der Waals surface area (Å²) in [7, 11) is 1.49. The molecule has 8 heteroatoms. The second-order valence-electron chi connectivity index (χ2n) is 6.72. The Hall–Kier alpha value is -3.55.